The first-order valence-corrected chi connectivity index (χ1v) is 5.11. The van der Waals surface area contributed by atoms with Gasteiger partial charge < -0.3 is 10.2 Å². The van der Waals surface area contributed by atoms with Crippen molar-refractivity contribution in [2.75, 3.05) is 24.5 Å². The molecule has 14 heavy (non-hydrogen) atoms. The lowest BCUT2D eigenvalue weighted by Gasteiger charge is -2.35. The Kier molecular flexibility index (Phi) is 2.84. The molecule has 1 fully saturated rings. The van der Waals surface area contributed by atoms with Crippen LogP contribution in [0, 0.1) is 0 Å². The van der Waals surface area contributed by atoms with Crippen molar-refractivity contribution in [3.8, 4) is 0 Å². The quantitative estimate of drug-likeness (QED) is 0.752. The van der Waals surface area contributed by atoms with Crippen LogP contribution in [-0.4, -0.2) is 35.9 Å². The van der Waals surface area contributed by atoms with Crippen molar-refractivity contribution in [3.05, 3.63) is 17.4 Å². The number of hydrogen-bond donors (Lipinski definition) is 1. The highest BCUT2D eigenvalue weighted by molar-refractivity contribution is 6.29. The van der Waals surface area contributed by atoms with Gasteiger partial charge in [0.15, 0.2) is 5.15 Å². The van der Waals surface area contributed by atoms with E-state index in [1.807, 2.05) is 6.07 Å². The Hall–Kier alpha value is -0.870. The molecule has 1 N–H and O–H groups in total. The van der Waals surface area contributed by atoms with E-state index in [0.29, 0.717) is 11.2 Å². The molecule has 1 aromatic heterocycles. The van der Waals surface area contributed by atoms with E-state index in [-0.39, 0.29) is 0 Å². The first-order chi connectivity index (χ1) is 6.77. The van der Waals surface area contributed by atoms with Crippen LogP contribution in [0.25, 0.3) is 0 Å². The summed E-state index contributed by atoms with van der Waals surface area (Å²) in [6.45, 7) is 5.17. The van der Waals surface area contributed by atoms with Crippen LogP contribution in [0.15, 0.2) is 12.3 Å². The summed E-state index contributed by atoms with van der Waals surface area (Å²) in [5, 5.41) is 11.4. The predicted octanol–water partition coefficient (Wildman–Crippen LogP) is 0.928. The molecule has 0 spiro atoms. The third-order valence-corrected chi connectivity index (χ3v) is 2.63. The molecule has 0 saturated carbocycles. The molecule has 0 aromatic carbocycles. The summed E-state index contributed by atoms with van der Waals surface area (Å²) in [6, 6.07) is 2.33. The van der Waals surface area contributed by atoms with Gasteiger partial charge >= 0.3 is 0 Å². The number of hydrogen-bond acceptors (Lipinski definition) is 4. The Morgan fingerprint density at radius 1 is 1.64 bits per heavy atom. The van der Waals surface area contributed by atoms with E-state index < -0.39 is 0 Å². The van der Waals surface area contributed by atoms with Crippen LogP contribution in [0.4, 0.5) is 5.69 Å². The SMILES string of the molecule is C[C@H]1CNCCN1c1cnnc(Cl)c1. The number of piperazine rings is 1. The summed E-state index contributed by atoms with van der Waals surface area (Å²) in [6.07, 6.45) is 1.76. The Morgan fingerprint density at radius 2 is 2.50 bits per heavy atom. The van der Waals surface area contributed by atoms with Crippen molar-refractivity contribution >= 4 is 17.3 Å². The average molecular weight is 213 g/mol. The smallest absolute Gasteiger partial charge is 0.153 e. The Morgan fingerprint density at radius 3 is 3.21 bits per heavy atom. The van der Waals surface area contributed by atoms with Gasteiger partial charge in [0.2, 0.25) is 0 Å². The molecule has 1 aromatic rings. The summed E-state index contributed by atoms with van der Waals surface area (Å²) < 4.78 is 0. The first-order valence-electron chi connectivity index (χ1n) is 4.73. The molecule has 1 saturated heterocycles. The Bertz CT molecular complexity index is 317. The minimum Gasteiger partial charge on any atom is -0.365 e. The van der Waals surface area contributed by atoms with Gasteiger partial charge in [0.05, 0.1) is 11.9 Å². The highest BCUT2D eigenvalue weighted by Gasteiger charge is 2.18. The van der Waals surface area contributed by atoms with Crippen LogP contribution in [0.1, 0.15) is 6.92 Å². The molecule has 1 atom stereocenters. The molecular formula is C9H13ClN4. The van der Waals surface area contributed by atoms with Crippen molar-refractivity contribution in [2.45, 2.75) is 13.0 Å². The first kappa shape index (κ1) is 9.68. The highest BCUT2D eigenvalue weighted by Crippen LogP contribution is 2.19. The van der Waals surface area contributed by atoms with E-state index >= 15 is 0 Å². The van der Waals surface area contributed by atoms with Crippen molar-refractivity contribution in [3.63, 3.8) is 0 Å². The van der Waals surface area contributed by atoms with Gasteiger partial charge in [-0.3, -0.25) is 0 Å². The second-order valence-corrected chi connectivity index (χ2v) is 3.87. The minimum atomic E-state index is 0.452. The van der Waals surface area contributed by atoms with Gasteiger partial charge in [0, 0.05) is 31.7 Å². The number of nitrogens with zero attached hydrogens (tertiary/aromatic N) is 3. The van der Waals surface area contributed by atoms with Crippen LogP contribution in [0.2, 0.25) is 5.15 Å². The predicted molar refractivity (Wildman–Crippen MR) is 56.7 cm³/mol. The third-order valence-electron chi connectivity index (χ3n) is 2.44. The van der Waals surface area contributed by atoms with Gasteiger partial charge in [0.25, 0.3) is 0 Å². The van der Waals surface area contributed by atoms with Gasteiger partial charge in [-0.25, -0.2) is 0 Å². The molecule has 0 aliphatic carbocycles. The van der Waals surface area contributed by atoms with E-state index in [2.05, 4.69) is 27.3 Å². The van der Waals surface area contributed by atoms with Crippen molar-refractivity contribution < 1.29 is 0 Å². The van der Waals surface area contributed by atoms with Crippen LogP contribution >= 0.6 is 11.6 Å². The maximum Gasteiger partial charge on any atom is 0.153 e. The maximum atomic E-state index is 5.80. The third kappa shape index (κ3) is 1.96. The fourth-order valence-corrected chi connectivity index (χ4v) is 1.87. The molecule has 1 aliphatic rings. The number of rotatable bonds is 1. The van der Waals surface area contributed by atoms with Gasteiger partial charge in [-0.15, -0.1) is 5.10 Å². The fourth-order valence-electron chi connectivity index (χ4n) is 1.71. The number of aromatic nitrogens is 2. The van der Waals surface area contributed by atoms with Gasteiger partial charge in [-0.1, -0.05) is 11.6 Å². The lowest BCUT2D eigenvalue weighted by molar-refractivity contribution is 0.500. The van der Waals surface area contributed by atoms with Gasteiger partial charge in [-0.2, -0.15) is 5.10 Å². The van der Waals surface area contributed by atoms with Crippen LogP contribution in [0.3, 0.4) is 0 Å². The van der Waals surface area contributed by atoms with E-state index in [0.717, 1.165) is 25.3 Å². The molecule has 5 heteroatoms. The van der Waals surface area contributed by atoms with Crippen molar-refractivity contribution in [2.24, 2.45) is 0 Å². The number of nitrogens with one attached hydrogen (secondary N) is 1. The Labute approximate surface area is 88.3 Å². The lowest BCUT2D eigenvalue weighted by atomic mass is 10.2. The minimum absolute atomic E-state index is 0.452. The van der Waals surface area contributed by atoms with Gasteiger partial charge in [0.1, 0.15) is 0 Å². The van der Waals surface area contributed by atoms with E-state index in [4.69, 9.17) is 11.6 Å². The van der Waals surface area contributed by atoms with Crippen molar-refractivity contribution in [1.82, 2.24) is 15.5 Å². The van der Waals surface area contributed by atoms with E-state index in [9.17, 15) is 0 Å². The fraction of sp³-hybridized carbons (Fsp3) is 0.556. The molecule has 0 unspecified atom stereocenters. The average Bonchev–Trinajstić information content (AvgIpc) is 2.18. The normalized spacial score (nSPS) is 22.4. The molecule has 2 heterocycles. The molecule has 76 valence electrons. The zero-order valence-electron chi connectivity index (χ0n) is 8.07. The van der Waals surface area contributed by atoms with E-state index in [1.165, 1.54) is 0 Å². The number of anilines is 1. The summed E-state index contributed by atoms with van der Waals surface area (Å²) in [4.78, 5) is 2.29. The van der Waals surface area contributed by atoms with Gasteiger partial charge in [-0.05, 0) is 6.92 Å². The second kappa shape index (κ2) is 4.11. The van der Waals surface area contributed by atoms with Crippen LogP contribution < -0.4 is 10.2 Å². The Balaban J connectivity index is 2.20. The summed E-state index contributed by atoms with van der Waals surface area (Å²) in [5.74, 6) is 0. The van der Waals surface area contributed by atoms with Crippen LogP contribution in [-0.2, 0) is 0 Å². The highest BCUT2D eigenvalue weighted by atomic mass is 35.5. The monoisotopic (exact) mass is 212 g/mol. The molecular weight excluding hydrogens is 200 g/mol. The standard InChI is InChI=1S/C9H13ClN4/c1-7-5-11-2-3-14(7)8-4-9(10)13-12-6-8/h4,6-7,11H,2-3,5H2,1H3/t7-/m0/s1. The largest absolute Gasteiger partial charge is 0.365 e. The topological polar surface area (TPSA) is 41.0 Å². The lowest BCUT2D eigenvalue weighted by Crippen LogP contribution is -2.49. The molecule has 4 nitrogen and oxygen atoms in total. The zero-order chi connectivity index (χ0) is 9.97. The van der Waals surface area contributed by atoms with E-state index in [1.54, 1.807) is 6.20 Å². The molecule has 0 bridgehead atoms. The zero-order valence-corrected chi connectivity index (χ0v) is 8.83. The summed E-state index contributed by atoms with van der Waals surface area (Å²) in [5.41, 5.74) is 1.05. The molecule has 1 aliphatic heterocycles. The van der Waals surface area contributed by atoms with Crippen molar-refractivity contribution in [1.29, 1.82) is 0 Å². The second-order valence-electron chi connectivity index (χ2n) is 3.48. The summed E-state index contributed by atoms with van der Waals surface area (Å²) >= 11 is 5.80. The molecule has 2 rings (SSSR count). The number of halogens is 1. The van der Waals surface area contributed by atoms with Crippen LogP contribution in [0.5, 0.6) is 0 Å². The molecule has 0 amide bonds. The summed E-state index contributed by atoms with van der Waals surface area (Å²) in [7, 11) is 0. The maximum absolute atomic E-state index is 5.80. The molecule has 0 radical (unpaired) electrons.